The Hall–Kier alpha value is -1.18. The summed E-state index contributed by atoms with van der Waals surface area (Å²) in [6.45, 7) is 1.33. The van der Waals surface area contributed by atoms with Crippen LogP contribution in [-0.2, 0) is 20.3 Å². The van der Waals surface area contributed by atoms with Crippen LogP contribution in [0.15, 0.2) is 28.2 Å². The average molecular weight is 327 g/mol. The van der Waals surface area contributed by atoms with Gasteiger partial charge in [-0.05, 0) is 30.9 Å². The minimum atomic E-state index is -3.13. The highest BCUT2D eigenvalue weighted by Crippen LogP contribution is 2.25. The first kappa shape index (κ1) is 14.7. The summed E-state index contributed by atoms with van der Waals surface area (Å²) in [5.41, 5.74) is 0.596. The monoisotopic (exact) mass is 327 g/mol. The van der Waals surface area contributed by atoms with Gasteiger partial charge in [-0.1, -0.05) is 0 Å². The van der Waals surface area contributed by atoms with Crippen LogP contribution in [0, 0.1) is 5.92 Å². The third kappa shape index (κ3) is 3.93. The Bertz CT molecular complexity index is 670. The molecule has 0 unspecified atom stereocenters. The molecule has 1 aliphatic heterocycles. The van der Waals surface area contributed by atoms with E-state index in [1.165, 1.54) is 11.3 Å². The largest absolute Gasteiger partial charge is 0.462 e. The van der Waals surface area contributed by atoms with Crippen molar-refractivity contribution in [3.63, 3.8) is 0 Å². The van der Waals surface area contributed by atoms with E-state index in [9.17, 15) is 8.42 Å². The van der Waals surface area contributed by atoms with E-state index >= 15 is 0 Å². The number of rotatable bonds is 5. The lowest BCUT2D eigenvalue weighted by Gasteiger charge is -2.21. The lowest BCUT2D eigenvalue weighted by atomic mass is 10.0. The van der Waals surface area contributed by atoms with Crippen molar-refractivity contribution in [2.45, 2.75) is 18.6 Å². The van der Waals surface area contributed by atoms with E-state index in [0.29, 0.717) is 24.7 Å². The van der Waals surface area contributed by atoms with Gasteiger partial charge < -0.3 is 9.15 Å². The van der Waals surface area contributed by atoms with E-state index in [-0.39, 0.29) is 17.4 Å². The van der Waals surface area contributed by atoms with E-state index < -0.39 is 9.84 Å². The molecule has 5 nitrogen and oxygen atoms in total. The Kier molecular flexibility index (Phi) is 4.42. The van der Waals surface area contributed by atoms with Crippen LogP contribution in [0.5, 0.6) is 0 Å². The highest BCUT2D eigenvalue weighted by Gasteiger charge is 2.23. The zero-order valence-corrected chi connectivity index (χ0v) is 13.2. The van der Waals surface area contributed by atoms with Crippen LogP contribution in [0.3, 0.4) is 0 Å². The molecule has 3 rings (SSSR count). The summed E-state index contributed by atoms with van der Waals surface area (Å²) >= 11 is 1.40. The van der Waals surface area contributed by atoms with E-state index in [4.69, 9.17) is 9.15 Å². The predicted molar refractivity (Wildman–Crippen MR) is 80.8 cm³/mol. The summed E-state index contributed by atoms with van der Waals surface area (Å²) in [5, 5.41) is 2.51. The van der Waals surface area contributed by atoms with Gasteiger partial charge in [0.1, 0.15) is 0 Å². The number of nitrogens with zero attached hydrogens (tertiary/aromatic N) is 1. The molecule has 7 heteroatoms. The Balaban J connectivity index is 1.65. The summed E-state index contributed by atoms with van der Waals surface area (Å²) in [7, 11) is -3.13. The highest BCUT2D eigenvalue weighted by atomic mass is 32.2. The zero-order valence-electron chi connectivity index (χ0n) is 11.5. The molecule has 1 fully saturated rings. The first-order chi connectivity index (χ1) is 10.1. The molecular formula is C14H17NO4S2. The summed E-state index contributed by atoms with van der Waals surface area (Å²) in [6, 6.07) is 3.61. The van der Waals surface area contributed by atoms with Crippen LogP contribution >= 0.6 is 11.3 Å². The second-order valence-electron chi connectivity index (χ2n) is 5.23. The van der Waals surface area contributed by atoms with Gasteiger partial charge in [-0.15, -0.1) is 11.3 Å². The Labute approximate surface area is 127 Å². The fraction of sp³-hybridized carbons (Fsp3) is 0.500. The van der Waals surface area contributed by atoms with E-state index in [1.54, 1.807) is 17.7 Å². The van der Waals surface area contributed by atoms with Crippen molar-refractivity contribution in [2.24, 2.45) is 5.92 Å². The average Bonchev–Trinajstić information content (AvgIpc) is 3.09. The summed E-state index contributed by atoms with van der Waals surface area (Å²) in [6.07, 6.45) is 3.24. The standard InChI is InChI=1S/C14H17NO4S2/c16-21(17,9-11-3-6-18-7-4-11)10-12-8-20-14(15-12)13-2-1-5-19-13/h1-2,5,8,11H,3-4,6-7,9-10H2. The van der Waals surface area contributed by atoms with E-state index in [1.807, 2.05) is 6.07 Å². The van der Waals surface area contributed by atoms with Crippen LogP contribution in [0.25, 0.3) is 10.8 Å². The molecule has 21 heavy (non-hydrogen) atoms. The summed E-state index contributed by atoms with van der Waals surface area (Å²) in [5.74, 6) is 1.12. The highest BCUT2D eigenvalue weighted by molar-refractivity contribution is 7.90. The van der Waals surface area contributed by atoms with Crippen molar-refractivity contribution < 1.29 is 17.6 Å². The number of sulfone groups is 1. The molecule has 0 aromatic carbocycles. The number of hydrogen-bond donors (Lipinski definition) is 0. The van der Waals surface area contributed by atoms with Gasteiger partial charge in [0, 0.05) is 18.6 Å². The number of furan rings is 1. The van der Waals surface area contributed by atoms with Crippen LogP contribution in [0.2, 0.25) is 0 Å². The van der Waals surface area contributed by atoms with Crippen molar-refractivity contribution in [3.05, 3.63) is 29.5 Å². The molecule has 0 N–H and O–H groups in total. The van der Waals surface area contributed by atoms with E-state index in [2.05, 4.69) is 4.98 Å². The number of aromatic nitrogens is 1. The molecule has 0 radical (unpaired) electrons. The zero-order chi connectivity index (χ0) is 14.7. The Morgan fingerprint density at radius 1 is 1.33 bits per heavy atom. The third-order valence-electron chi connectivity index (χ3n) is 3.48. The van der Waals surface area contributed by atoms with Crippen molar-refractivity contribution in [3.8, 4) is 10.8 Å². The number of ether oxygens (including phenoxy) is 1. The molecule has 0 saturated carbocycles. The topological polar surface area (TPSA) is 69.4 Å². The molecule has 3 heterocycles. The summed E-state index contributed by atoms with van der Waals surface area (Å²) in [4.78, 5) is 4.35. The maximum atomic E-state index is 12.3. The molecule has 2 aromatic rings. The van der Waals surface area contributed by atoms with Gasteiger partial charge in [-0.3, -0.25) is 0 Å². The predicted octanol–water partition coefficient (Wildman–Crippen LogP) is 2.74. The van der Waals surface area contributed by atoms with Gasteiger partial charge in [-0.25, -0.2) is 13.4 Å². The molecule has 2 aromatic heterocycles. The molecule has 114 valence electrons. The lowest BCUT2D eigenvalue weighted by Crippen LogP contribution is -2.24. The number of thiazole rings is 1. The van der Waals surface area contributed by atoms with Gasteiger partial charge in [0.2, 0.25) is 0 Å². The van der Waals surface area contributed by atoms with Gasteiger partial charge in [0.15, 0.2) is 20.6 Å². The van der Waals surface area contributed by atoms with Crippen molar-refractivity contribution >= 4 is 21.2 Å². The van der Waals surface area contributed by atoms with E-state index in [0.717, 1.165) is 17.8 Å². The maximum Gasteiger partial charge on any atom is 0.162 e. The minimum Gasteiger partial charge on any atom is -0.462 e. The van der Waals surface area contributed by atoms with Crippen LogP contribution in [-0.4, -0.2) is 32.4 Å². The molecular weight excluding hydrogens is 310 g/mol. The molecule has 0 bridgehead atoms. The molecule has 1 aliphatic rings. The second kappa shape index (κ2) is 6.29. The van der Waals surface area contributed by atoms with Crippen LogP contribution < -0.4 is 0 Å². The van der Waals surface area contributed by atoms with Gasteiger partial charge >= 0.3 is 0 Å². The van der Waals surface area contributed by atoms with Crippen molar-refractivity contribution in [1.82, 2.24) is 4.98 Å². The van der Waals surface area contributed by atoms with Crippen LogP contribution in [0.4, 0.5) is 0 Å². The molecule has 0 aliphatic carbocycles. The van der Waals surface area contributed by atoms with Crippen LogP contribution in [0.1, 0.15) is 18.5 Å². The number of hydrogen-bond acceptors (Lipinski definition) is 6. The fourth-order valence-electron chi connectivity index (χ4n) is 2.44. The molecule has 1 saturated heterocycles. The van der Waals surface area contributed by atoms with Crippen molar-refractivity contribution in [1.29, 1.82) is 0 Å². The molecule has 0 spiro atoms. The normalized spacial score (nSPS) is 17.1. The Morgan fingerprint density at radius 2 is 2.14 bits per heavy atom. The Morgan fingerprint density at radius 3 is 2.86 bits per heavy atom. The quantitative estimate of drug-likeness (QED) is 0.844. The fourth-order valence-corrected chi connectivity index (χ4v) is 5.10. The SMILES string of the molecule is O=S(=O)(Cc1csc(-c2ccco2)n1)CC1CCOCC1. The van der Waals surface area contributed by atoms with Crippen molar-refractivity contribution in [2.75, 3.05) is 19.0 Å². The second-order valence-corrected chi connectivity index (χ2v) is 8.20. The minimum absolute atomic E-state index is 0.00155. The van der Waals surface area contributed by atoms with Gasteiger partial charge in [-0.2, -0.15) is 0 Å². The summed E-state index contributed by atoms with van der Waals surface area (Å²) < 4.78 is 35.1. The first-order valence-corrected chi connectivity index (χ1v) is 9.59. The first-order valence-electron chi connectivity index (χ1n) is 6.89. The maximum absolute atomic E-state index is 12.3. The van der Waals surface area contributed by atoms with Gasteiger partial charge in [0.25, 0.3) is 0 Å². The molecule has 0 atom stereocenters. The lowest BCUT2D eigenvalue weighted by molar-refractivity contribution is 0.0723. The smallest absolute Gasteiger partial charge is 0.162 e. The van der Waals surface area contributed by atoms with Gasteiger partial charge in [0.05, 0.1) is 23.5 Å². The molecule has 0 amide bonds. The third-order valence-corrected chi connectivity index (χ3v) is 6.10.